The molecule has 0 spiro atoms. The monoisotopic (exact) mass is 390 g/mol. The van der Waals surface area contributed by atoms with Gasteiger partial charge in [-0.3, -0.25) is 4.90 Å². The first-order valence-electron chi connectivity index (χ1n) is 9.34. The maximum Gasteiger partial charge on any atom is 0.410 e. The fourth-order valence-corrected chi connectivity index (χ4v) is 3.68. The van der Waals surface area contributed by atoms with Crippen molar-refractivity contribution in [3.63, 3.8) is 0 Å². The summed E-state index contributed by atoms with van der Waals surface area (Å²) in [5.41, 5.74) is 0.593. The second-order valence-corrected chi connectivity index (χ2v) is 8.47. The van der Waals surface area contributed by atoms with Crippen molar-refractivity contribution in [3.05, 3.63) is 46.5 Å². The molecule has 0 aliphatic carbocycles. The molecule has 1 aliphatic heterocycles. The quantitative estimate of drug-likeness (QED) is 0.746. The van der Waals surface area contributed by atoms with Crippen LogP contribution in [-0.4, -0.2) is 37.9 Å². The number of amides is 1. The number of halogens is 1. The van der Waals surface area contributed by atoms with Gasteiger partial charge in [-0.05, 0) is 65.2 Å². The summed E-state index contributed by atoms with van der Waals surface area (Å²) in [5.74, 6) is 1.63. The lowest BCUT2D eigenvalue weighted by molar-refractivity contribution is 0.0215. The molecule has 1 unspecified atom stereocenters. The van der Waals surface area contributed by atoms with E-state index < -0.39 is 5.60 Å². The zero-order chi connectivity index (χ0) is 19.8. The number of hydrogen-bond donors (Lipinski definition) is 0. The summed E-state index contributed by atoms with van der Waals surface area (Å²) in [6, 6.07) is 7.70. The minimum atomic E-state index is -0.523. The van der Waals surface area contributed by atoms with Gasteiger partial charge >= 0.3 is 6.09 Å². The van der Waals surface area contributed by atoms with Gasteiger partial charge in [0, 0.05) is 11.6 Å². The number of aromatic nitrogens is 3. The van der Waals surface area contributed by atoms with Gasteiger partial charge in [-0.25, -0.2) is 4.79 Å². The second-order valence-electron chi connectivity index (χ2n) is 8.03. The van der Waals surface area contributed by atoms with Crippen molar-refractivity contribution in [2.75, 3.05) is 6.54 Å². The minimum absolute atomic E-state index is 0.0355. The minimum Gasteiger partial charge on any atom is -0.444 e. The Kier molecular flexibility index (Phi) is 5.47. The van der Waals surface area contributed by atoms with Crippen molar-refractivity contribution in [2.45, 2.75) is 65.1 Å². The van der Waals surface area contributed by atoms with Gasteiger partial charge in [-0.2, -0.15) is 0 Å². The molecule has 7 heteroatoms. The van der Waals surface area contributed by atoms with Crippen LogP contribution in [0.2, 0.25) is 5.02 Å². The third-order valence-corrected chi connectivity index (χ3v) is 5.06. The van der Waals surface area contributed by atoms with Gasteiger partial charge in [0.15, 0.2) is 5.82 Å². The van der Waals surface area contributed by atoms with Crippen molar-refractivity contribution in [3.8, 4) is 0 Å². The number of aryl methyl sites for hydroxylation is 1. The third-order valence-electron chi connectivity index (χ3n) is 4.81. The van der Waals surface area contributed by atoms with Crippen molar-refractivity contribution in [1.29, 1.82) is 0 Å². The van der Waals surface area contributed by atoms with Crippen LogP contribution >= 0.6 is 11.6 Å². The van der Waals surface area contributed by atoms with Crippen LogP contribution in [0.15, 0.2) is 24.3 Å². The van der Waals surface area contributed by atoms with Gasteiger partial charge in [-0.1, -0.05) is 23.7 Å². The number of likely N-dealkylation sites (tertiary alicyclic amines) is 1. The van der Waals surface area contributed by atoms with E-state index in [1.807, 2.05) is 52.0 Å². The lowest BCUT2D eigenvalue weighted by atomic mass is 10.1. The highest BCUT2D eigenvalue weighted by atomic mass is 35.5. The summed E-state index contributed by atoms with van der Waals surface area (Å²) < 4.78 is 7.70. The molecule has 1 aliphatic rings. The van der Waals surface area contributed by atoms with Crippen LogP contribution in [0.25, 0.3) is 0 Å². The molecule has 0 saturated carbocycles. The molecule has 2 aromatic rings. The van der Waals surface area contributed by atoms with Gasteiger partial charge in [0.05, 0.1) is 12.1 Å². The Morgan fingerprint density at radius 2 is 1.93 bits per heavy atom. The maximum atomic E-state index is 12.7. The number of carbonyl (C=O) groups excluding carboxylic acids is 1. The Balaban J connectivity index is 1.91. The highest BCUT2D eigenvalue weighted by molar-refractivity contribution is 6.30. The summed E-state index contributed by atoms with van der Waals surface area (Å²) in [7, 11) is 0. The molecule has 2 atom stereocenters. The molecule has 27 heavy (non-hydrogen) atoms. The molecule has 2 heterocycles. The third kappa shape index (κ3) is 4.26. The van der Waals surface area contributed by atoms with Crippen LogP contribution < -0.4 is 0 Å². The smallest absolute Gasteiger partial charge is 0.410 e. The van der Waals surface area contributed by atoms with E-state index >= 15 is 0 Å². The highest BCUT2D eigenvalue weighted by Gasteiger charge is 2.37. The number of carbonyl (C=O) groups is 1. The molecule has 0 radical (unpaired) electrons. The standard InChI is InChI=1S/C20H27ClN4O2/c1-13(15-8-10-16(21)11-9-15)25-14(2)22-23-18(25)17-7-6-12-24(17)19(26)27-20(3,4)5/h8-11,13,17H,6-7,12H2,1-5H3/t13-,17?/m0/s1. The predicted molar refractivity (Wildman–Crippen MR) is 105 cm³/mol. The predicted octanol–water partition coefficient (Wildman–Crippen LogP) is 4.92. The summed E-state index contributed by atoms with van der Waals surface area (Å²) in [6.07, 6.45) is 1.48. The average Bonchev–Trinajstić information content (AvgIpc) is 3.19. The van der Waals surface area contributed by atoms with Crippen molar-refractivity contribution in [1.82, 2.24) is 19.7 Å². The Labute approximate surface area is 165 Å². The van der Waals surface area contributed by atoms with E-state index in [1.54, 1.807) is 4.90 Å². The van der Waals surface area contributed by atoms with Crippen LogP contribution in [0.1, 0.15) is 69.8 Å². The first-order valence-corrected chi connectivity index (χ1v) is 9.71. The molecular weight excluding hydrogens is 364 g/mol. The van der Waals surface area contributed by atoms with Crippen LogP contribution in [0.3, 0.4) is 0 Å². The lowest BCUT2D eigenvalue weighted by Gasteiger charge is -2.29. The maximum absolute atomic E-state index is 12.7. The van der Waals surface area contributed by atoms with E-state index in [-0.39, 0.29) is 18.2 Å². The number of rotatable bonds is 3. The molecule has 1 aromatic heterocycles. The van der Waals surface area contributed by atoms with E-state index in [4.69, 9.17) is 16.3 Å². The molecule has 3 rings (SSSR count). The largest absolute Gasteiger partial charge is 0.444 e. The fraction of sp³-hybridized carbons (Fsp3) is 0.550. The Morgan fingerprint density at radius 3 is 2.56 bits per heavy atom. The van der Waals surface area contributed by atoms with E-state index in [2.05, 4.69) is 21.7 Å². The molecular formula is C20H27ClN4O2. The SMILES string of the molecule is Cc1nnc(C2CCCN2C(=O)OC(C)(C)C)n1[C@@H](C)c1ccc(Cl)cc1. The van der Waals surface area contributed by atoms with Gasteiger partial charge < -0.3 is 9.30 Å². The van der Waals surface area contributed by atoms with Gasteiger partial charge in [0.25, 0.3) is 0 Å². The van der Waals surface area contributed by atoms with Crippen LogP contribution in [0.4, 0.5) is 4.79 Å². The zero-order valence-corrected chi connectivity index (χ0v) is 17.3. The van der Waals surface area contributed by atoms with Crippen molar-refractivity contribution in [2.24, 2.45) is 0 Å². The number of benzene rings is 1. The topological polar surface area (TPSA) is 60.3 Å². The van der Waals surface area contributed by atoms with E-state index in [0.29, 0.717) is 11.6 Å². The molecule has 1 aromatic carbocycles. The first kappa shape index (κ1) is 19.7. The van der Waals surface area contributed by atoms with E-state index in [9.17, 15) is 4.79 Å². The molecule has 6 nitrogen and oxygen atoms in total. The van der Waals surface area contributed by atoms with Gasteiger partial charge in [0.1, 0.15) is 11.4 Å². The highest BCUT2D eigenvalue weighted by Crippen LogP contribution is 2.35. The molecule has 0 N–H and O–H groups in total. The molecule has 146 valence electrons. The average molecular weight is 391 g/mol. The summed E-state index contributed by atoms with van der Waals surface area (Å²) >= 11 is 6.02. The Bertz CT molecular complexity index is 810. The van der Waals surface area contributed by atoms with E-state index in [0.717, 1.165) is 30.1 Å². The van der Waals surface area contributed by atoms with Crippen molar-refractivity contribution < 1.29 is 9.53 Å². The Morgan fingerprint density at radius 1 is 1.26 bits per heavy atom. The number of ether oxygens (including phenoxy) is 1. The molecule has 0 bridgehead atoms. The lowest BCUT2D eigenvalue weighted by Crippen LogP contribution is -2.37. The second kappa shape index (κ2) is 7.50. The summed E-state index contributed by atoms with van der Waals surface area (Å²) in [6.45, 7) is 10.4. The molecule has 1 saturated heterocycles. The van der Waals surface area contributed by atoms with Crippen LogP contribution in [0, 0.1) is 6.92 Å². The number of nitrogens with zero attached hydrogens (tertiary/aromatic N) is 4. The fourth-order valence-electron chi connectivity index (χ4n) is 3.56. The molecule has 1 amide bonds. The zero-order valence-electron chi connectivity index (χ0n) is 16.6. The first-order chi connectivity index (χ1) is 12.7. The summed E-state index contributed by atoms with van der Waals surface area (Å²) in [5, 5.41) is 9.44. The van der Waals surface area contributed by atoms with Gasteiger partial charge in [0.2, 0.25) is 0 Å². The van der Waals surface area contributed by atoms with Gasteiger partial charge in [-0.15, -0.1) is 10.2 Å². The van der Waals surface area contributed by atoms with Crippen molar-refractivity contribution >= 4 is 17.7 Å². The van der Waals surface area contributed by atoms with Crippen LogP contribution in [-0.2, 0) is 4.74 Å². The number of hydrogen-bond acceptors (Lipinski definition) is 4. The van der Waals surface area contributed by atoms with Crippen LogP contribution in [0.5, 0.6) is 0 Å². The van der Waals surface area contributed by atoms with E-state index in [1.165, 1.54) is 0 Å². The normalized spacial score (nSPS) is 18.6. The summed E-state index contributed by atoms with van der Waals surface area (Å²) in [4.78, 5) is 14.4. The molecule has 1 fully saturated rings. The Hall–Kier alpha value is -2.08.